The van der Waals surface area contributed by atoms with Gasteiger partial charge in [-0.3, -0.25) is 4.79 Å². The molecule has 3 N–H and O–H groups in total. The van der Waals surface area contributed by atoms with Crippen LogP contribution in [-0.2, 0) is 9.53 Å². The second-order valence-corrected chi connectivity index (χ2v) is 6.53. The zero-order chi connectivity index (χ0) is 17.8. The van der Waals surface area contributed by atoms with Crippen LogP contribution in [-0.4, -0.2) is 43.2 Å². The van der Waals surface area contributed by atoms with E-state index in [-0.39, 0.29) is 18.0 Å². The zero-order valence-electron chi connectivity index (χ0n) is 14.5. The first-order valence-electron chi connectivity index (χ1n) is 8.95. The van der Waals surface area contributed by atoms with Gasteiger partial charge in [0, 0.05) is 19.1 Å². The van der Waals surface area contributed by atoms with E-state index in [1.165, 1.54) is 5.56 Å². The van der Waals surface area contributed by atoms with Crippen LogP contribution in [0.25, 0.3) is 0 Å². The van der Waals surface area contributed by atoms with Gasteiger partial charge in [-0.1, -0.05) is 30.3 Å². The fourth-order valence-corrected chi connectivity index (χ4v) is 3.31. The molecule has 1 aromatic carbocycles. The number of ether oxygens (including phenoxy) is 1. The molecule has 1 amide bonds. The van der Waals surface area contributed by atoms with Crippen LogP contribution in [0.3, 0.4) is 0 Å². The molecule has 2 aliphatic heterocycles. The van der Waals surface area contributed by atoms with E-state index in [0.717, 1.165) is 32.0 Å². The van der Waals surface area contributed by atoms with Gasteiger partial charge in [0.25, 0.3) is 0 Å². The van der Waals surface area contributed by atoms with E-state index >= 15 is 0 Å². The first kappa shape index (κ1) is 17.0. The lowest BCUT2D eigenvalue weighted by Crippen LogP contribution is -2.39. The van der Waals surface area contributed by atoms with Gasteiger partial charge in [0.2, 0.25) is 5.91 Å². The number of carbonyl (C=O) groups is 1. The lowest BCUT2D eigenvalue weighted by molar-refractivity contribution is -0.117. The maximum Gasteiger partial charge on any atom is 0.244 e. The van der Waals surface area contributed by atoms with Gasteiger partial charge >= 0.3 is 0 Å². The number of nitrogens with one attached hydrogen (secondary N) is 3. The standard InChI is InChI=1S/C19H23N5O2/c25-19(17-12-16(22-23-17)14-4-2-1-3-5-14)21-18-7-6-15(13-20-18)24-8-10-26-11-9-24/h1-7,13,16-17,22-23H,8-12H2,(H,20,21,25). The summed E-state index contributed by atoms with van der Waals surface area (Å²) in [6, 6.07) is 13.8. The third kappa shape index (κ3) is 3.85. The highest BCUT2D eigenvalue weighted by Gasteiger charge is 2.30. The summed E-state index contributed by atoms with van der Waals surface area (Å²) in [4.78, 5) is 19.1. The Balaban J connectivity index is 1.33. The van der Waals surface area contributed by atoms with E-state index in [4.69, 9.17) is 4.74 Å². The molecule has 1 aromatic heterocycles. The van der Waals surface area contributed by atoms with E-state index in [2.05, 4.69) is 38.2 Å². The van der Waals surface area contributed by atoms with Crippen molar-refractivity contribution >= 4 is 17.4 Å². The van der Waals surface area contributed by atoms with E-state index in [1.54, 1.807) is 6.20 Å². The summed E-state index contributed by atoms with van der Waals surface area (Å²) in [6.07, 6.45) is 2.50. The van der Waals surface area contributed by atoms with E-state index in [1.807, 2.05) is 30.3 Å². The van der Waals surface area contributed by atoms with Crippen LogP contribution < -0.4 is 21.1 Å². The molecule has 2 aromatic rings. The zero-order valence-corrected chi connectivity index (χ0v) is 14.5. The molecule has 7 heteroatoms. The summed E-state index contributed by atoms with van der Waals surface area (Å²) in [6.45, 7) is 3.21. The molecule has 3 heterocycles. The number of hydrazine groups is 1. The highest BCUT2D eigenvalue weighted by Crippen LogP contribution is 2.23. The molecule has 0 saturated carbocycles. The Hall–Kier alpha value is -2.48. The molecule has 0 radical (unpaired) electrons. The fourth-order valence-electron chi connectivity index (χ4n) is 3.31. The van der Waals surface area contributed by atoms with Gasteiger partial charge in [0.15, 0.2) is 0 Å². The van der Waals surface area contributed by atoms with Crippen molar-refractivity contribution in [1.82, 2.24) is 15.8 Å². The number of hydrogen-bond acceptors (Lipinski definition) is 6. The molecule has 136 valence electrons. The van der Waals surface area contributed by atoms with E-state index < -0.39 is 0 Å². The van der Waals surface area contributed by atoms with Crippen LogP contribution >= 0.6 is 0 Å². The largest absolute Gasteiger partial charge is 0.378 e. The van der Waals surface area contributed by atoms with Gasteiger partial charge in [0.1, 0.15) is 11.9 Å². The van der Waals surface area contributed by atoms with Crippen molar-refractivity contribution < 1.29 is 9.53 Å². The molecular weight excluding hydrogens is 330 g/mol. The van der Waals surface area contributed by atoms with Crippen molar-refractivity contribution in [3.05, 3.63) is 54.2 Å². The number of pyridine rings is 1. The van der Waals surface area contributed by atoms with Crippen LogP contribution in [0, 0.1) is 0 Å². The molecule has 26 heavy (non-hydrogen) atoms. The summed E-state index contributed by atoms with van der Waals surface area (Å²) in [7, 11) is 0. The van der Waals surface area contributed by atoms with Crippen LogP contribution in [0.15, 0.2) is 48.7 Å². The molecule has 7 nitrogen and oxygen atoms in total. The van der Waals surface area contributed by atoms with Gasteiger partial charge in [-0.2, -0.15) is 0 Å². The molecule has 2 aliphatic rings. The number of anilines is 2. The molecule has 0 bridgehead atoms. The number of nitrogens with zero attached hydrogens (tertiary/aromatic N) is 2. The van der Waals surface area contributed by atoms with Crippen molar-refractivity contribution in [2.45, 2.75) is 18.5 Å². The average Bonchev–Trinajstić information content (AvgIpc) is 3.20. The smallest absolute Gasteiger partial charge is 0.244 e. The van der Waals surface area contributed by atoms with Gasteiger partial charge in [0.05, 0.1) is 25.1 Å². The molecule has 2 unspecified atom stereocenters. The SMILES string of the molecule is O=C(Nc1ccc(N2CCOCC2)cn1)C1CC(c2ccccc2)NN1. The highest BCUT2D eigenvalue weighted by molar-refractivity contribution is 5.94. The van der Waals surface area contributed by atoms with Crippen LogP contribution in [0.1, 0.15) is 18.0 Å². The summed E-state index contributed by atoms with van der Waals surface area (Å²) < 4.78 is 5.36. The molecule has 4 rings (SSSR count). The maximum absolute atomic E-state index is 12.5. The molecule has 2 saturated heterocycles. The van der Waals surface area contributed by atoms with E-state index in [0.29, 0.717) is 12.2 Å². The molecule has 2 atom stereocenters. The number of carbonyl (C=O) groups excluding carboxylic acids is 1. The van der Waals surface area contributed by atoms with Gasteiger partial charge in [-0.15, -0.1) is 0 Å². The van der Waals surface area contributed by atoms with Crippen LogP contribution in [0.2, 0.25) is 0 Å². The Morgan fingerprint density at radius 3 is 2.65 bits per heavy atom. The third-order valence-electron chi connectivity index (χ3n) is 4.80. The number of aromatic nitrogens is 1. The summed E-state index contributed by atoms with van der Waals surface area (Å²) in [5.74, 6) is 0.486. The lowest BCUT2D eigenvalue weighted by Gasteiger charge is -2.28. The Morgan fingerprint density at radius 1 is 1.12 bits per heavy atom. The highest BCUT2D eigenvalue weighted by atomic mass is 16.5. The first-order valence-corrected chi connectivity index (χ1v) is 8.95. The van der Waals surface area contributed by atoms with Gasteiger partial charge in [-0.05, 0) is 24.1 Å². The third-order valence-corrected chi connectivity index (χ3v) is 4.80. The lowest BCUT2D eigenvalue weighted by atomic mass is 10.0. The number of morpholine rings is 1. The Kier molecular flexibility index (Phi) is 5.10. The van der Waals surface area contributed by atoms with Crippen molar-refractivity contribution in [2.75, 3.05) is 36.5 Å². The van der Waals surface area contributed by atoms with Crippen molar-refractivity contribution in [3.8, 4) is 0 Å². The van der Waals surface area contributed by atoms with E-state index in [9.17, 15) is 4.79 Å². The van der Waals surface area contributed by atoms with Crippen molar-refractivity contribution in [2.24, 2.45) is 0 Å². The van der Waals surface area contributed by atoms with Crippen LogP contribution in [0.4, 0.5) is 11.5 Å². The number of rotatable bonds is 4. The molecular formula is C19H23N5O2. The van der Waals surface area contributed by atoms with Gasteiger partial charge < -0.3 is 15.0 Å². The minimum atomic E-state index is -0.291. The monoisotopic (exact) mass is 353 g/mol. The molecule has 0 spiro atoms. The minimum Gasteiger partial charge on any atom is -0.378 e. The maximum atomic E-state index is 12.5. The predicted molar refractivity (Wildman–Crippen MR) is 99.8 cm³/mol. The Labute approximate surface area is 152 Å². The normalized spacial score (nSPS) is 23.0. The molecule has 2 fully saturated rings. The average molecular weight is 353 g/mol. The van der Waals surface area contributed by atoms with Crippen molar-refractivity contribution in [3.63, 3.8) is 0 Å². The number of hydrogen-bond donors (Lipinski definition) is 3. The van der Waals surface area contributed by atoms with Crippen molar-refractivity contribution in [1.29, 1.82) is 0 Å². The minimum absolute atomic E-state index is 0.0810. The van der Waals surface area contributed by atoms with Crippen LogP contribution in [0.5, 0.6) is 0 Å². The number of benzene rings is 1. The quantitative estimate of drug-likeness (QED) is 0.773. The second kappa shape index (κ2) is 7.82. The summed E-state index contributed by atoms with van der Waals surface area (Å²) in [5, 5.41) is 2.89. The first-order chi connectivity index (χ1) is 12.8. The fraction of sp³-hybridized carbons (Fsp3) is 0.368. The second-order valence-electron chi connectivity index (χ2n) is 6.53. The topological polar surface area (TPSA) is 78.5 Å². The number of amides is 1. The predicted octanol–water partition coefficient (Wildman–Crippen LogP) is 1.46. The summed E-state index contributed by atoms with van der Waals surface area (Å²) in [5.41, 5.74) is 8.49. The Morgan fingerprint density at radius 2 is 1.92 bits per heavy atom. The summed E-state index contributed by atoms with van der Waals surface area (Å²) >= 11 is 0. The Bertz CT molecular complexity index is 731. The molecule has 0 aliphatic carbocycles. The van der Waals surface area contributed by atoms with Gasteiger partial charge in [-0.25, -0.2) is 15.8 Å².